The molecule has 0 aliphatic heterocycles. The normalized spacial score (nSPS) is 10.6. The Morgan fingerprint density at radius 2 is 2.10 bits per heavy atom. The van der Waals surface area contributed by atoms with Gasteiger partial charge in [0, 0.05) is 28.4 Å². The van der Waals surface area contributed by atoms with E-state index in [0.717, 1.165) is 9.86 Å². The number of rotatable bonds is 2. The van der Waals surface area contributed by atoms with Crippen LogP contribution in [0.3, 0.4) is 0 Å². The van der Waals surface area contributed by atoms with Gasteiger partial charge in [0.05, 0.1) is 21.8 Å². The van der Waals surface area contributed by atoms with Gasteiger partial charge in [-0.25, -0.2) is 0 Å². The maximum absolute atomic E-state index is 12.3. The van der Waals surface area contributed by atoms with E-state index in [0.29, 0.717) is 21.8 Å². The molecule has 0 spiro atoms. The molecule has 2 heterocycles. The largest absolute Gasteiger partial charge is 0.321 e. The van der Waals surface area contributed by atoms with Gasteiger partial charge in [0.1, 0.15) is 0 Å². The minimum absolute atomic E-state index is 0.240. The van der Waals surface area contributed by atoms with E-state index in [1.165, 1.54) is 6.20 Å². The summed E-state index contributed by atoms with van der Waals surface area (Å²) in [6.45, 7) is 0. The molecule has 0 saturated heterocycles. The number of hydrogen-bond donors (Lipinski definition) is 1. The number of aromatic nitrogens is 2. The Morgan fingerprint density at radius 1 is 1.24 bits per heavy atom. The molecule has 0 fully saturated rings. The number of para-hydroxylation sites is 1. The predicted octanol–water partition coefficient (Wildman–Crippen LogP) is 4.30. The highest BCUT2D eigenvalue weighted by Gasteiger charge is 2.10. The molecule has 4 nitrogen and oxygen atoms in total. The minimum atomic E-state index is -0.240. The maximum Gasteiger partial charge on any atom is 0.257 e. The fourth-order valence-electron chi connectivity index (χ4n) is 1.98. The van der Waals surface area contributed by atoms with Gasteiger partial charge in [-0.3, -0.25) is 14.8 Å². The lowest BCUT2D eigenvalue weighted by Gasteiger charge is -2.09. The Bertz CT molecular complexity index is 838. The monoisotopic (exact) mass is 361 g/mol. The topological polar surface area (TPSA) is 54.9 Å². The van der Waals surface area contributed by atoms with Gasteiger partial charge in [0.15, 0.2) is 0 Å². The zero-order chi connectivity index (χ0) is 14.8. The number of anilines is 1. The van der Waals surface area contributed by atoms with Gasteiger partial charge in [0.25, 0.3) is 5.91 Å². The molecule has 3 rings (SSSR count). The molecule has 1 N–H and O–H groups in total. The summed E-state index contributed by atoms with van der Waals surface area (Å²) < 4.78 is 0.748. The Hall–Kier alpha value is -1.98. The van der Waals surface area contributed by atoms with Gasteiger partial charge in [-0.1, -0.05) is 23.7 Å². The van der Waals surface area contributed by atoms with Gasteiger partial charge in [-0.05, 0) is 34.1 Å². The smallest absolute Gasteiger partial charge is 0.257 e. The first-order valence-corrected chi connectivity index (χ1v) is 7.27. The third kappa shape index (κ3) is 2.89. The second-order valence-electron chi connectivity index (χ2n) is 4.34. The molecule has 3 aromatic rings. The van der Waals surface area contributed by atoms with Crippen molar-refractivity contribution in [1.82, 2.24) is 9.97 Å². The molecule has 6 heteroatoms. The molecule has 2 aromatic heterocycles. The molecule has 0 bridgehead atoms. The van der Waals surface area contributed by atoms with E-state index >= 15 is 0 Å². The number of nitrogens with zero attached hydrogens (tertiary/aromatic N) is 2. The minimum Gasteiger partial charge on any atom is -0.321 e. The van der Waals surface area contributed by atoms with E-state index in [2.05, 4.69) is 31.2 Å². The third-order valence-corrected chi connectivity index (χ3v) is 3.68. The number of carbonyl (C=O) groups excluding carboxylic acids is 1. The van der Waals surface area contributed by atoms with Crippen molar-refractivity contribution in [1.29, 1.82) is 0 Å². The Morgan fingerprint density at radius 3 is 2.90 bits per heavy atom. The van der Waals surface area contributed by atoms with Crippen LogP contribution in [0.2, 0.25) is 5.02 Å². The van der Waals surface area contributed by atoms with Crippen LogP contribution >= 0.6 is 27.5 Å². The molecule has 0 atom stereocenters. The summed E-state index contributed by atoms with van der Waals surface area (Å²) in [6.07, 6.45) is 4.75. The van der Waals surface area contributed by atoms with Crippen LogP contribution in [0.5, 0.6) is 0 Å². The number of hydrogen-bond acceptors (Lipinski definition) is 3. The van der Waals surface area contributed by atoms with Crippen LogP contribution in [0.4, 0.5) is 5.69 Å². The predicted molar refractivity (Wildman–Crippen MR) is 86.6 cm³/mol. The van der Waals surface area contributed by atoms with Crippen molar-refractivity contribution in [3.63, 3.8) is 0 Å². The number of carbonyl (C=O) groups is 1. The zero-order valence-electron chi connectivity index (χ0n) is 10.7. The fourth-order valence-corrected chi connectivity index (χ4v) is 2.57. The average Bonchev–Trinajstić information content (AvgIpc) is 2.48. The van der Waals surface area contributed by atoms with Gasteiger partial charge < -0.3 is 5.32 Å². The summed E-state index contributed by atoms with van der Waals surface area (Å²) in [5, 5.41) is 4.20. The first-order valence-electron chi connectivity index (χ1n) is 6.10. The summed E-state index contributed by atoms with van der Waals surface area (Å²) in [5.41, 5.74) is 1.79. The molecule has 0 unspecified atom stereocenters. The Kier molecular flexibility index (Phi) is 3.86. The quantitative estimate of drug-likeness (QED) is 0.739. The van der Waals surface area contributed by atoms with Crippen LogP contribution in [0, 0.1) is 0 Å². The second kappa shape index (κ2) is 5.79. The molecule has 0 aliphatic carbocycles. The second-order valence-corrected chi connectivity index (χ2v) is 5.66. The molecule has 21 heavy (non-hydrogen) atoms. The van der Waals surface area contributed by atoms with E-state index < -0.39 is 0 Å². The molecule has 104 valence electrons. The Balaban J connectivity index is 1.99. The molecule has 1 amide bonds. The first-order chi connectivity index (χ1) is 10.1. The van der Waals surface area contributed by atoms with Crippen LogP contribution < -0.4 is 5.32 Å². The lowest BCUT2D eigenvalue weighted by Crippen LogP contribution is -2.12. The van der Waals surface area contributed by atoms with Crippen molar-refractivity contribution in [3.05, 3.63) is 64.0 Å². The summed E-state index contributed by atoms with van der Waals surface area (Å²) in [6, 6.07) is 8.90. The molecule has 0 saturated carbocycles. The van der Waals surface area contributed by atoms with Gasteiger partial charge in [-0.2, -0.15) is 0 Å². The number of benzene rings is 1. The van der Waals surface area contributed by atoms with Crippen molar-refractivity contribution >= 4 is 50.0 Å². The Labute approximate surface area is 134 Å². The lowest BCUT2D eigenvalue weighted by molar-refractivity contribution is 0.102. The van der Waals surface area contributed by atoms with Crippen LogP contribution in [0.15, 0.2) is 53.4 Å². The summed E-state index contributed by atoms with van der Waals surface area (Å²) in [5.74, 6) is -0.240. The van der Waals surface area contributed by atoms with E-state index in [-0.39, 0.29) is 5.91 Å². The highest BCUT2D eigenvalue weighted by atomic mass is 79.9. The van der Waals surface area contributed by atoms with E-state index in [1.807, 2.05) is 12.1 Å². The van der Waals surface area contributed by atoms with Crippen molar-refractivity contribution < 1.29 is 4.79 Å². The van der Waals surface area contributed by atoms with Gasteiger partial charge in [0.2, 0.25) is 0 Å². The van der Waals surface area contributed by atoms with Crippen LogP contribution in [-0.2, 0) is 0 Å². The zero-order valence-corrected chi connectivity index (χ0v) is 13.0. The number of fused-ring (bicyclic) bond motifs is 1. The maximum atomic E-state index is 12.3. The third-order valence-electron chi connectivity index (χ3n) is 2.94. The van der Waals surface area contributed by atoms with E-state index in [4.69, 9.17) is 11.6 Å². The van der Waals surface area contributed by atoms with Crippen LogP contribution in [0.1, 0.15) is 10.4 Å². The number of pyridine rings is 2. The number of amides is 1. The summed E-state index contributed by atoms with van der Waals surface area (Å²) in [4.78, 5) is 20.5. The van der Waals surface area contributed by atoms with E-state index in [1.54, 1.807) is 30.6 Å². The SMILES string of the molecule is O=C(Nc1ccnc2c(Cl)cccc12)c1cncc(Br)c1. The molecular formula is C15H9BrClN3O. The lowest BCUT2D eigenvalue weighted by atomic mass is 10.1. The van der Waals surface area contributed by atoms with Gasteiger partial charge in [-0.15, -0.1) is 0 Å². The highest BCUT2D eigenvalue weighted by molar-refractivity contribution is 9.10. The average molecular weight is 363 g/mol. The van der Waals surface area contributed by atoms with Crippen molar-refractivity contribution in [2.24, 2.45) is 0 Å². The number of halogens is 2. The van der Waals surface area contributed by atoms with Crippen LogP contribution in [0.25, 0.3) is 10.9 Å². The van der Waals surface area contributed by atoms with E-state index in [9.17, 15) is 4.79 Å². The molecule has 0 aliphatic rings. The highest BCUT2D eigenvalue weighted by Crippen LogP contribution is 2.27. The standard InChI is InChI=1S/C15H9BrClN3O/c16-10-6-9(7-18-8-10)15(21)20-13-4-5-19-14-11(13)2-1-3-12(14)17/h1-8H,(H,19,20,21). The van der Waals surface area contributed by atoms with Crippen molar-refractivity contribution in [2.45, 2.75) is 0 Å². The summed E-state index contributed by atoms with van der Waals surface area (Å²) in [7, 11) is 0. The van der Waals surface area contributed by atoms with Gasteiger partial charge >= 0.3 is 0 Å². The summed E-state index contributed by atoms with van der Waals surface area (Å²) >= 11 is 9.41. The van der Waals surface area contributed by atoms with Crippen LogP contribution in [-0.4, -0.2) is 15.9 Å². The number of nitrogens with one attached hydrogen (secondary N) is 1. The molecule has 0 radical (unpaired) electrons. The fraction of sp³-hybridized carbons (Fsp3) is 0. The molecular weight excluding hydrogens is 354 g/mol. The first kappa shape index (κ1) is 14.0. The van der Waals surface area contributed by atoms with Crippen molar-refractivity contribution in [3.8, 4) is 0 Å². The molecule has 1 aromatic carbocycles. The van der Waals surface area contributed by atoms with Crippen molar-refractivity contribution in [2.75, 3.05) is 5.32 Å².